The minimum atomic E-state index is -4.60. The first-order valence-corrected chi connectivity index (χ1v) is 9.45. The van der Waals surface area contributed by atoms with Crippen LogP contribution in [0.2, 0.25) is 0 Å². The number of alkyl halides is 3. The zero-order chi connectivity index (χ0) is 20.4. The highest BCUT2D eigenvalue weighted by Crippen LogP contribution is 2.40. The van der Waals surface area contributed by atoms with Gasteiger partial charge in [0.15, 0.2) is 0 Å². The van der Waals surface area contributed by atoms with Gasteiger partial charge in [0.25, 0.3) is 0 Å². The molecule has 0 bridgehead atoms. The maximum atomic E-state index is 13.8. The molecule has 0 amide bonds. The molecule has 0 unspecified atom stereocenters. The van der Waals surface area contributed by atoms with E-state index in [1.165, 1.54) is 6.20 Å². The third-order valence-electron chi connectivity index (χ3n) is 5.11. The molecule has 2 saturated heterocycles. The van der Waals surface area contributed by atoms with Crippen molar-refractivity contribution in [1.29, 1.82) is 0 Å². The van der Waals surface area contributed by atoms with Crippen LogP contribution in [0.25, 0.3) is 5.70 Å². The number of hydrogen-bond donors (Lipinski definition) is 1. The number of amidine groups is 1. The summed E-state index contributed by atoms with van der Waals surface area (Å²) in [7, 11) is 0. The lowest BCUT2D eigenvalue weighted by Crippen LogP contribution is -2.50. The predicted octanol–water partition coefficient (Wildman–Crippen LogP) is 1.27. The summed E-state index contributed by atoms with van der Waals surface area (Å²) in [6, 6.07) is 0. The van der Waals surface area contributed by atoms with Gasteiger partial charge in [-0.2, -0.15) is 13.2 Å². The highest BCUT2D eigenvalue weighted by atomic mass is 19.4. The second kappa shape index (κ2) is 8.17. The summed E-state index contributed by atoms with van der Waals surface area (Å²) in [5.74, 6) is 0.642. The number of nitrogen functional groups attached to an aromatic ring is 1. The van der Waals surface area contributed by atoms with Gasteiger partial charge in [0.1, 0.15) is 12.5 Å². The second-order valence-electron chi connectivity index (χ2n) is 6.90. The minimum Gasteiger partial charge on any atom is -0.397 e. The molecule has 0 aliphatic carbocycles. The van der Waals surface area contributed by atoms with E-state index in [2.05, 4.69) is 9.98 Å². The fourth-order valence-corrected chi connectivity index (χ4v) is 3.68. The highest BCUT2D eigenvalue weighted by molar-refractivity contribution is 6.00. The SMILES string of the molecule is Nc1cncc(C2=CC(N3CCOCC3)=NCN2N2CCOCC2)c1C(F)(F)F. The number of ether oxygens (including phenoxy) is 2. The lowest BCUT2D eigenvalue weighted by molar-refractivity contribution is -0.137. The van der Waals surface area contributed by atoms with E-state index in [4.69, 9.17) is 15.2 Å². The fourth-order valence-electron chi connectivity index (χ4n) is 3.68. The van der Waals surface area contributed by atoms with Crippen LogP contribution in [0, 0.1) is 0 Å². The zero-order valence-electron chi connectivity index (χ0n) is 15.9. The van der Waals surface area contributed by atoms with E-state index in [0.29, 0.717) is 64.1 Å². The van der Waals surface area contributed by atoms with Gasteiger partial charge in [-0.3, -0.25) is 9.99 Å². The molecule has 1 aromatic rings. The maximum absolute atomic E-state index is 13.8. The number of halogens is 3. The van der Waals surface area contributed by atoms with E-state index in [9.17, 15) is 13.2 Å². The minimum absolute atomic E-state index is 0.0512. The molecule has 4 heterocycles. The third kappa shape index (κ3) is 4.16. The first-order chi connectivity index (χ1) is 13.9. The number of nitrogens with two attached hydrogens (primary N) is 1. The van der Waals surface area contributed by atoms with Crippen molar-refractivity contribution < 1.29 is 22.6 Å². The molecule has 8 nitrogen and oxygen atoms in total. The number of hydrogen-bond acceptors (Lipinski definition) is 8. The van der Waals surface area contributed by atoms with E-state index in [0.717, 1.165) is 6.20 Å². The van der Waals surface area contributed by atoms with Crippen molar-refractivity contribution in [2.45, 2.75) is 6.18 Å². The molecule has 3 aliphatic rings. The van der Waals surface area contributed by atoms with Crippen LogP contribution < -0.4 is 5.73 Å². The van der Waals surface area contributed by atoms with Gasteiger partial charge in [0.05, 0.1) is 49.6 Å². The van der Waals surface area contributed by atoms with Crippen LogP contribution >= 0.6 is 0 Å². The zero-order valence-corrected chi connectivity index (χ0v) is 15.9. The van der Waals surface area contributed by atoms with Crippen LogP contribution in [-0.4, -0.2) is 85.0 Å². The Morgan fingerprint density at radius 2 is 1.62 bits per heavy atom. The highest BCUT2D eigenvalue weighted by Gasteiger charge is 2.39. The van der Waals surface area contributed by atoms with Gasteiger partial charge in [-0.25, -0.2) is 10.0 Å². The Hall–Kier alpha value is -2.37. The Morgan fingerprint density at radius 1 is 0.966 bits per heavy atom. The number of pyridine rings is 1. The summed E-state index contributed by atoms with van der Waals surface area (Å²) in [6.07, 6.45) is -0.657. The van der Waals surface area contributed by atoms with Gasteiger partial charge in [0, 0.05) is 44.0 Å². The topological polar surface area (TPSA) is 79.4 Å². The molecule has 158 valence electrons. The van der Waals surface area contributed by atoms with Gasteiger partial charge in [-0.1, -0.05) is 0 Å². The normalized spacial score (nSPS) is 21.8. The van der Waals surface area contributed by atoms with Gasteiger partial charge in [0.2, 0.25) is 0 Å². The van der Waals surface area contributed by atoms with Gasteiger partial charge >= 0.3 is 6.18 Å². The summed E-state index contributed by atoms with van der Waals surface area (Å²) >= 11 is 0. The molecule has 0 atom stereocenters. The molecule has 29 heavy (non-hydrogen) atoms. The lowest BCUT2D eigenvalue weighted by Gasteiger charge is -2.42. The van der Waals surface area contributed by atoms with Crippen LogP contribution in [0.5, 0.6) is 0 Å². The second-order valence-corrected chi connectivity index (χ2v) is 6.90. The van der Waals surface area contributed by atoms with Crippen molar-refractivity contribution in [1.82, 2.24) is 19.9 Å². The molecule has 0 saturated carbocycles. The third-order valence-corrected chi connectivity index (χ3v) is 5.11. The lowest BCUT2D eigenvalue weighted by atomic mass is 10.0. The molecule has 0 radical (unpaired) electrons. The number of aliphatic imine (C=N–C) groups is 1. The summed E-state index contributed by atoms with van der Waals surface area (Å²) in [5.41, 5.74) is 4.76. The van der Waals surface area contributed by atoms with Crippen molar-refractivity contribution in [2.75, 3.05) is 65.0 Å². The molecular formula is C18H23F3N6O2. The largest absolute Gasteiger partial charge is 0.419 e. The Balaban J connectivity index is 1.77. The summed E-state index contributed by atoms with van der Waals surface area (Å²) < 4.78 is 52.3. The van der Waals surface area contributed by atoms with E-state index in [-0.39, 0.29) is 12.2 Å². The Kier molecular flexibility index (Phi) is 5.61. The molecular weight excluding hydrogens is 389 g/mol. The van der Waals surface area contributed by atoms with E-state index < -0.39 is 17.4 Å². The molecule has 0 aromatic carbocycles. The first kappa shape index (κ1) is 19.9. The molecule has 2 fully saturated rings. The van der Waals surface area contributed by atoms with Crippen LogP contribution in [0.3, 0.4) is 0 Å². The average Bonchev–Trinajstić information content (AvgIpc) is 2.73. The van der Waals surface area contributed by atoms with Crippen molar-refractivity contribution in [3.8, 4) is 0 Å². The number of anilines is 1. The molecule has 2 N–H and O–H groups in total. The number of morpholine rings is 2. The maximum Gasteiger partial charge on any atom is 0.419 e. The molecule has 11 heteroatoms. The molecule has 4 rings (SSSR count). The van der Waals surface area contributed by atoms with Crippen molar-refractivity contribution >= 4 is 17.2 Å². The quantitative estimate of drug-likeness (QED) is 0.784. The van der Waals surface area contributed by atoms with Crippen molar-refractivity contribution in [2.24, 2.45) is 4.99 Å². The summed E-state index contributed by atoms with van der Waals surface area (Å²) in [5, 5.41) is 3.72. The predicted molar refractivity (Wildman–Crippen MR) is 101 cm³/mol. The van der Waals surface area contributed by atoms with Crippen LogP contribution in [0.4, 0.5) is 18.9 Å². The number of hydrazine groups is 1. The smallest absolute Gasteiger partial charge is 0.397 e. The van der Waals surface area contributed by atoms with E-state index in [1.54, 1.807) is 11.1 Å². The fraction of sp³-hybridized carbons (Fsp3) is 0.556. The number of rotatable bonds is 2. The standard InChI is InChI=1S/C18H23F3N6O2/c19-18(20,21)17-13(10-23-11-14(17)22)15-9-16(25-1-5-28-6-2-25)24-12-27(15)26-3-7-29-8-4-26/h9-11H,1-8,12,22H2. The summed E-state index contributed by atoms with van der Waals surface area (Å²) in [4.78, 5) is 10.6. The van der Waals surface area contributed by atoms with Gasteiger partial charge in [-0.15, -0.1) is 0 Å². The first-order valence-electron chi connectivity index (χ1n) is 9.45. The van der Waals surface area contributed by atoms with Gasteiger partial charge in [-0.05, 0) is 0 Å². The Bertz CT molecular complexity index is 801. The Morgan fingerprint density at radius 3 is 2.28 bits per heavy atom. The molecule has 3 aliphatic heterocycles. The van der Waals surface area contributed by atoms with Crippen molar-refractivity contribution in [3.05, 3.63) is 29.6 Å². The van der Waals surface area contributed by atoms with Crippen LogP contribution in [0.15, 0.2) is 23.5 Å². The van der Waals surface area contributed by atoms with E-state index in [1.807, 2.05) is 9.91 Å². The molecule has 1 aromatic heterocycles. The number of aromatic nitrogens is 1. The van der Waals surface area contributed by atoms with Crippen LogP contribution in [0.1, 0.15) is 11.1 Å². The monoisotopic (exact) mass is 412 g/mol. The number of nitrogens with zero attached hydrogens (tertiary/aromatic N) is 5. The molecule has 0 spiro atoms. The Labute approximate surface area is 166 Å². The summed E-state index contributed by atoms with van der Waals surface area (Å²) in [6.45, 7) is 4.75. The van der Waals surface area contributed by atoms with E-state index >= 15 is 0 Å². The van der Waals surface area contributed by atoms with Crippen molar-refractivity contribution in [3.63, 3.8) is 0 Å². The van der Waals surface area contributed by atoms with Gasteiger partial charge < -0.3 is 20.1 Å². The van der Waals surface area contributed by atoms with Crippen LogP contribution in [-0.2, 0) is 15.7 Å². The average molecular weight is 412 g/mol.